The molecule has 2 aromatic heterocycles. The maximum atomic E-state index is 13.4. The Kier molecular flexibility index (Phi) is 6.08. The number of benzene rings is 2. The fourth-order valence-corrected chi connectivity index (χ4v) is 6.05. The molecule has 1 aliphatic rings. The zero-order chi connectivity index (χ0) is 24.6. The number of carbonyl (C=O) groups is 1. The van der Waals surface area contributed by atoms with E-state index in [1.165, 1.54) is 10.5 Å². The lowest BCUT2D eigenvalue weighted by atomic mass is 10.2. The van der Waals surface area contributed by atoms with Crippen molar-refractivity contribution >= 4 is 37.7 Å². The fraction of sp³-hybridized carbons (Fsp3) is 0.280. The van der Waals surface area contributed by atoms with Gasteiger partial charge in [-0.2, -0.15) is 9.40 Å². The zero-order valence-electron chi connectivity index (χ0n) is 19.3. The molecule has 0 spiro atoms. The molecule has 0 atom stereocenters. The van der Waals surface area contributed by atoms with Crippen molar-refractivity contribution in [1.82, 2.24) is 24.0 Å². The van der Waals surface area contributed by atoms with Crippen molar-refractivity contribution in [3.8, 4) is 0 Å². The maximum Gasteiger partial charge on any atom is 0.245 e. The van der Waals surface area contributed by atoms with Crippen molar-refractivity contribution in [2.75, 3.05) is 26.2 Å². The average molecular weight is 492 g/mol. The zero-order valence-corrected chi connectivity index (χ0v) is 20.1. The highest BCUT2D eigenvalue weighted by Gasteiger charge is 2.31. The van der Waals surface area contributed by atoms with Gasteiger partial charge in [0, 0.05) is 49.6 Å². The highest BCUT2D eigenvalue weighted by atomic mass is 32.2. The van der Waals surface area contributed by atoms with Gasteiger partial charge >= 0.3 is 0 Å². The molecule has 0 saturated carbocycles. The number of hydrogen-bond acceptors (Lipinski definition) is 6. The van der Waals surface area contributed by atoms with E-state index in [0.29, 0.717) is 36.1 Å². The number of aryl methyl sites for hydroxylation is 2. The number of carbonyl (C=O) groups excluding carboxylic acids is 1. The molecule has 0 N–H and O–H groups in total. The number of pyridine rings is 1. The predicted molar refractivity (Wildman–Crippen MR) is 132 cm³/mol. The second-order valence-corrected chi connectivity index (χ2v) is 10.5. The molecule has 1 aliphatic heterocycles. The molecule has 35 heavy (non-hydrogen) atoms. The molecule has 1 fully saturated rings. The van der Waals surface area contributed by atoms with Gasteiger partial charge in [0.2, 0.25) is 21.4 Å². The molecule has 0 bridgehead atoms. The Balaban J connectivity index is 1.26. The van der Waals surface area contributed by atoms with Crippen molar-refractivity contribution < 1.29 is 13.2 Å². The third kappa shape index (κ3) is 4.42. The third-order valence-corrected chi connectivity index (χ3v) is 8.25. The highest BCUT2D eigenvalue weighted by Crippen LogP contribution is 2.25. The van der Waals surface area contributed by atoms with Crippen molar-refractivity contribution in [3.63, 3.8) is 0 Å². The molecule has 5 rings (SSSR count). The Labute approximate surface area is 202 Å². The number of sulfonamides is 1. The summed E-state index contributed by atoms with van der Waals surface area (Å²) >= 11 is 0. The van der Waals surface area contributed by atoms with E-state index in [2.05, 4.69) is 10.1 Å². The molecular weight excluding hydrogens is 466 g/mol. The van der Waals surface area contributed by atoms with E-state index in [1.54, 1.807) is 46.1 Å². The Morgan fingerprint density at radius 3 is 2.57 bits per heavy atom. The van der Waals surface area contributed by atoms with Gasteiger partial charge in [0.15, 0.2) is 0 Å². The summed E-state index contributed by atoms with van der Waals surface area (Å²) in [6, 6.07) is 14.2. The topological polar surface area (TPSA) is 105 Å². The molecule has 9 nitrogen and oxygen atoms in total. The monoisotopic (exact) mass is 491 g/mol. The first-order chi connectivity index (χ1) is 16.8. The average Bonchev–Trinajstić information content (AvgIpc) is 2.88. The van der Waals surface area contributed by atoms with E-state index in [0.717, 1.165) is 10.9 Å². The lowest BCUT2D eigenvalue weighted by Gasteiger charge is -2.34. The van der Waals surface area contributed by atoms with E-state index >= 15 is 0 Å². The Hall–Kier alpha value is -3.63. The molecule has 0 radical (unpaired) electrons. The van der Waals surface area contributed by atoms with E-state index in [1.807, 2.05) is 25.1 Å². The molecule has 2 aromatic carbocycles. The Morgan fingerprint density at radius 2 is 1.77 bits per heavy atom. The minimum atomic E-state index is -3.75. The Bertz CT molecular complexity index is 1590. The van der Waals surface area contributed by atoms with Gasteiger partial charge in [-0.15, -0.1) is 0 Å². The van der Waals surface area contributed by atoms with Crippen LogP contribution in [0.15, 0.2) is 70.6 Å². The van der Waals surface area contributed by atoms with Gasteiger partial charge in [-0.1, -0.05) is 24.3 Å². The predicted octanol–water partition coefficient (Wildman–Crippen LogP) is 2.18. The third-order valence-electron chi connectivity index (χ3n) is 6.32. The van der Waals surface area contributed by atoms with Gasteiger partial charge in [-0.05, 0) is 36.8 Å². The quantitative estimate of drug-likeness (QED) is 0.424. The Morgan fingerprint density at radius 1 is 1.00 bits per heavy atom. The van der Waals surface area contributed by atoms with E-state index < -0.39 is 10.0 Å². The molecule has 0 unspecified atom stereocenters. The van der Waals surface area contributed by atoms with Crippen LogP contribution in [0, 0.1) is 6.92 Å². The van der Waals surface area contributed by atoms with Crippen LogP contribution in [0.4, 0.5) is 0 Å². The number of fused-ring (bicyclic) bond motifs is 2. The van der Waals surface area contributed by atoms with Gasteiger partial charge < -0.3 is 4.90 Å². The van der Waals surface area contributed by atoms with Gasteiger partial charge in [-0.3, -0.25) is 19.3 Å². The number of hydrogen-bond donors (Lipinski definition) is 0. The summed E-state index contributed by atoms with van der Waals surface area (Å²) in [5, 5.41) is 5.51. The van der Waals surface area contributed by atoms with Crippen molar-refractivity contribution in [1.29, 1.82) is 0 Å². The normalized spacial score (nSPS) is 15.1. The van der Waals surface area contributed by atoms with Crippen LogP contribution in [0.1, 0.15) is 12.0 Å². The van der Waals surface area contributed by atoms with Crippen molar-refractivity contribution in [2.24, 2.45) is 0 Å². The van der Waals surface area contributed by atoms with Crippen LogP contribution in [-0.2, 0) is 21.4 Å². The van der Waals surface area contributed by atoms with Crippen LogP contribution >= 0.6 is 0 Å². The summed E-state index contributed by atoms with van der Waals surface area (Å²) < 4.78 is 29.8. The lowest BCUT2D eigenvalue weighted by Crippen LogP contribution is -2.50. The summed E-state index contributed by atoms with van der Waals surface area (Å²) in [4.78, 5) is 31.1. The molecule has 10 heteroatoms. The van der Waals surface area contributed by atoms with Crippen molar-refractivity contribution in [2.45, 2.75) is 24.8 Å². The molecule has 4 aromatic rings. The molecular formula is C25H25N5O4S. The largest absolute Gasteiger partial charge is 0.340 e. The SMILES string of the molecule is Cc1cnc2c(S(=O)(=O)N3CCN(C(=O)CCn4ncc(=O)c5ccccc54)CC3)cccc2c1. The van der Waals surface area contributed by atoms with Crippen LogP contribution in [0.5, 0.6) is 0 Å². The van der Waals surface area contributed by atoms with Crippen molar-refractivity contribution in [3.05, 3.63) is 76.7 Å². The highest BCUT2D eigenvalue weighted by molar-refractivity contribution is 7.89. The molecule has 180 valence electrons. The van der Waals surface area contributed by atoms with Crippen LogP contribution in [0.25, 0.3) is 21.8 Å². The minimum Gasteiger partial charge on any atom is -0.340 e. The first-order valence-electron chi connectivity index (χ1n) is 11.4. The van der Waals surface area contributed by atoms with E-state index in [9.17, 15) is 18.0 Å². The van der Waals surface area contributed by atoms with Gasteiger partial charge in [0.05, 0.1) is 23.8 Å². The standard InChI is InChI=1S/C25H25N5O4S/c1-18-15-19-5-4-8-23(25(19)26-16-18)35(33,34)29-13-11-28(12-14-29)24(32)9-10-30-21-7-3-2-6-20(21)22(31)17-27-30/h2-8,15-17H,9-14H2,1H3. The molecule has 1 amide bonds. The summed E-state index contributed by atoms with van der Waals surface area (Å²) in [6.45, 7) is 3.31. The van der Waals surface area contributed by atoms with Crippen LogP contribution < -0.4 is 5.43 Å². The number of rotatable bonds is 5. The second kappa shape index (κ2) is 9.20. The van der Waals surface area contributed by atoms with Gasteiger partial charge in [-0.25, -0.2) is 8.42 Å². The molecule has 1 saturated heterocycles. The number of nitrogens with zero attached hydrogens (tertiary/aromatic N) is 5. The first kappa shape index (κ1) is 23.1. The van der Waals surface area contributed by atoms with E-state index in [-0.39, 0.29) is 35.7 Å². The summed E-state index contributed by atoms with van der Waals surface area (Å²) in [5.41, 5.74) is 1.95. The smallest absolute Gasteiger partial charge is 0.245 e. The number of piperazine rings is 1. The summed E-state index contributed by atoms with van der Waals surface area (Å²) in [7, 11) is -3.75. The maximum absolute atomic E-state index is 13.4. The summed E-state index contributed by atoms with van der Waals surface area (Å²) in [5.74, 6) is -0.0751. The summed E-state index contributed by atoms with van der Waals surface area (Å²) in [6.07, 6.45) is 3.14. The fourth-order valence-electron chi connectivity index (χ4n) is 4.47. The first-order valence-corrected chi connectivity index (χ1v) is 12.9. The van der Waals surface area contributed by atoms with Gasteiger partial charge in [0.25, 0.3) is 0 Å². The molecule has 3 heterocycles. The van der Waals surface area contributed by atoms with E-state index in [4.69, 9.17) is 0 Å². The van der Waals surface area contributed by atoms with Crippen LogP contribution in [0.3, 0.4) is 0 Å². The number of aromatic nitrogens is 3. The van der Waals surface area contributed by atoms with Crippen LogP contribution in [-0.4, -0.2) is 64.5 Å². The number of amides is 1. The second-order valence-electron chi connectivity index (χ2n) is 8.62. The lowest BCUT2D eigenvalue weighted by molar-refractivity contribution is -0.132. The minimum absolute atomic E-state index is 0.0751. The van der Waals surface area contributed by atoms with Gasteiger partial charge in [0.1, 0.15) is 4.90 Å². The number of para-hydroxylation sites is 2. The van der Waals surface area contributed by atoms with Crippen LogP contribution in [0.2, 0.25) is 0 Å². The molecule has 0 aliphatic carbocycles.